The lowest BCUT2D eigenvalue weighted by Crippen LogP contribution is -2.30. The van der Waals surface area contributed by atoms with Gasteiger partial charge in [-0.15, -0.1) is 0 Å². The third-order valence-electron chi connectivity index (χ3n) is 4.30. The summed E-state index contributed by atoms with van der Waals surface area (Å²) in [7, 11) is 0. The molecule has 0 unspecified atom stereocenters. The maximum atomic E-state index is 12.9. The fourth-order valence-electron chi connectivity index (χ4n) is 3.40. The van der Waals surface area contributed by atoms with Crippen molar-refractivity contribution in [1.82, 2.24) is 14.5 Å². The Kier molecular flexibility index (Phi) is 2.87. The average Bonchev–Trinajstić information content (AvgIpc) is 3.10. The Balaban J connectivity index is 2.08. The van der Waals surface area contributed by atoms with Gasteiger partial charge in [0.1, 0.15) is 6.33 Å². The molecule has 2 aliphatic heterocycles. The van der Waals surface area contributed by atoms with Crippen molar-refractivity contribution in [3.8, 4) is 5.69 Å². The van der Waals surface area contributed by atoms with E-state index in [1.54, 1.807) is 9.47 Å². The Morgan fingerprint density at radius 2 is 2.23 bits per heavy atom. The van der Waals surface area contributed by atoms with E-state index in [4.69, 9.17) is 0 Å². The van der Waals surface area contributed by atoms with Crippen molar-refractivity contribution in [3.05, 3.63) is 46.0 Å². The van der Waals surface area contributed by atoms with Crippen molar-refractivity contribution < 1.29 is 14.7 Å². The van der Waals surface area contributed by atoms with E-state index >= 15 is 0 Å². The molecule has 6 nitrogen and oxygen atoms in total. The summed E-state index contributed by atoms with van der Waals surface area (Å²) in [6.07, 6.45) is 3.11. The van der Waals surface area contributed by atoms with Crippen LogP contribution in [0.5, 0.6) is 0 Å². The number of aromatic carboxylic acids is 1. The lowest BCUT2D eigenvalue weighted by molar-refractivity contribution is 0.0673. The molecule has 1 amide bonds. The smallest absolute Gasteiger partial charge is 0.356 e. The highest BCUT2D eigenvalue weighted by Gasteiger charge is 2.40. The van der Waals surface area contributed by atoms with Crippen LogP contribution in [0.25, 0.3) is 5.69 Å². The van der Waals surface area contributed by atoms with Crippen LogP contribution in [-0.2, 0) is 0 Å². The second-order valence-corrected chi connectivity index (χ2v) is 6.30. The topological polar surface area (TPSA) is 75.4 Å². The summed E-state index contributed by atoms with van der Waals surface area (Å²) in [6, 6.07) is 5.23. The minimum absolute atomic E-state index is 0.0255. The van der Waals surface area contributed by atoms with Crippen LogP contribution in [0.1, 0.15) is 45.4 Å². The highest BCUT2D eigenvalue weighted by atomic mass is 79.9. The molecule has 3 heterocycles. The molecule has 0 bridgehead atoms. The van der Waals surface area contributed by atoms with Gasteiger partial charge in [0.25, 0.3) is 5.91 Å². The molecule has 112 valence electrons. The van der Waals surface area contributed by atoms with E-state index in [1.165, 1.54) is 6.33 Å². The van der Waals surface area contributed by atoms with Crippen molar-refractivity contribution in [1.29, 1.82) is 0 Å². The largest absolute Gasteiger partial charge is 0.476 e. The Morgan fingerprint density at radius 1 is 1.41 bits per heavy atom. The molecule has 2 aliphatic rings. The van der Waals surface area contributed by atoms with Crippen molar-refractivity contribution >= 4 is 27.8 Å². The molecular formula is C15H12BrN3O3. The molecule has 1 aromatic heterocycles. The van der Waals surface area contributed by atoms with Crippen LogP contribution in [0, 0.1) is 0 Å². The van der Waals surface area contributed by atoms with E-state index in [2.05, 4.69) is 20.9 Å². The number of amides is 1. The molecule has 0 spiro atoms. The number of benzene rings is 1. The fourth-order valence-corrected chi connectivity index (χ4v) is 3.92. The van der Waals surface area contributed by atoms with Crippen LogP contribution in [0.3, 0.4) is 0 Å². The van der Waals surface area contributed by atoms with Gasteiger partial charge in [-0.05, 0) is 40.9 Å². The maximum absolute atomic E-state index is 12.9. The number of aromatic nitrogens is 2. The first-order valence-corrected chi connectivity index (χ1v) is 7.79. The molecule has 0 aliphatic carbocycles. The first kappa shape index (κ1) is 13.5. The molecule has 22 heavy (non-hydrogen) atoms. The minimum Gasteiger partial charge on any atom is -0.476 e. The minimum atomic E-state index is -1.06. The van der Waals surface area contributed by atoms with Gasteiger partial charge in [0.2, 0.25) is 0 Å². The molecule has 1 N–H and O–H groups in total. The third kappa shape index (κ3) is 1.68. The van der Waals surface area contributed by atoms with E-state index in [0.717, 1.165) is 12.8 Å². The number of carboxylic acid groups (broad SMARTS) is 1. The van der Waals surface area contributed by atoms with Gasteiger partial charge in [0.05, 0.1) is 23.0 Å². The number of carboxylic acids is 1. The lowest BCUT2D eigenvalue weighted by Gasteiger charge is -2.22. The predicted octanol–water partition coefficient (Wildman–Crippen LogP) is 2.62. The van der Waals surface area contributed by atoms with E-state index in [9.17, 15) is 14.7 Å². The van der Waals surface area contributed by atoms with Gasteiger partial charge in [-0.25, -0.2) is 9.78 Å². The van der Waals surface area contributed by atoms with Gasteiger partial charge in [-0.1, -0.05) is 6.07 Å². The van der Waals surface area contributed by atoms with E-state index < -0.39 is 5.97 Å². The van der Waals surface area contributed by atoms with Crippen LogP contribution < -0.4 is 0 Å². The summed E-state index contributed by atoms with van der Waals surface area (Å²) in [6.45, 7) is 0.633. The van der Waals surface area contributed by atoms with Gasteiger partial charge < -0.3 is 10.0 Å². The van der Waals surface area contributed by atoms with E-state index in [0.29, 0.717) is 28.0 Å². The van der Waals surface area contributed by atoms with Crippen LogP contribution in [0.4, 0.5) is 0 Å². The second kappa shape index (κ2) is 4.67. The molecular weight excluding hydrogens is 350 g/mol. The first-order chi connectivity index (χ1) is 10.6. The number of hydrogen-bond donors (Lipinski definition) is 1. The van der Waals surface area contributed by atoms with Crippen molar-refractivity contribution in [2.75, 3.05) is 6.54 Å². The standard InChI is InChI=1S/C15H12BrN3O3/c16-8-3-1-4-9-11(8)14(20)18-6-2-5-10(18)13-12(15(21)22)17-7-19(9)13/h1,3-4,7,10H,2,5-6H2,(H,21,22)/t10-/m0/s1. The Labute approximate surface area is 134 Å². The van der Waals surface area contributed by atoms with Gasteiger partial charge in [-0.2, -0.15) is 0 Å². The molecule has 2 aromatic rings. The second-order valence-electron chi connectivity index (χ2n) is 5.44. The van der Waals surface area contributed by atoms with Gasteiger partial charge in [-0.3, -0.25) is 9.36 Å². The first-order valence-electron chi connectivity index (χ1n) is 7.00. The quantitative estimate of drug-likeness (QED) is 0.846. The summed E-state index contributed by atoms with van der Waals surface area (Å²) in [5, 5.41) is 9.42. The summed E-state index contributed by atoms with van der Waals surface area (Å²) in [5.41, 5.74) is 1.85. The molecule has 1 saturated heterocycles. The number of carbonyl (C=O) groups excluding carboxylic acids is 1. The number of nitrogens with zero attached hydrogens (tertiary/aromatic N) is 3. The average molecular weight is 362 g/mol. The normalized spacial score (nSPS) is 19.4. The Hall–Kier alpha value is -2.15. The number of fused-ring (bicyclic) bond motifs is 5. The van der Waals surface area contributed by atoms with Gasteiger partial charge in [0, 0.05) is 11.0 Å². The summed E-state index contributed by atoms with van der Waals surface area (Å²) >= 11 is 3.44. The molecule has 0 radical (unpaired) electrons. The Bertz CT molecular complexity index is 814. The molecule has 7 heteroatoms. The fraction of sp³-hybridized carbons (Fsp3) is 0.267. The number of hydrogen-bond acceptors (Lipinski definition) is 3. The molecule has 0 saturated carbocycles. The Morgan fingerprint density at radius 3 is 3.00 bits per heavy atom. The number of halogens is 1. The number of imidazole rings is 1. The zero-order valence-electron chi connectivity index (χ0n) is 11.5. The predicted molar refractivity (Wildman–Crippen MR) is 81.2 cm³/mol. The van der Waals surface area contributed by atoms with E-state index in [-0.39, 0.29) is 17.6 Å². The number of carbonyl (C=O) groups is 2. The summed E-state index contributed by atoms with van der Waals surface area (Å²) in [5.74, 6) is -1.13. The highest BCUT2D eigenvalue weighted by molar-refractivity contribution is 9.10. The molecule has 1 fully saturated rings. The van der Waals surface area contributed by atoms with Crippen LogP contribution in [0.15, 0.2) is 29.0 Å². The van der Waals surface area contributed by atoms with Crippen molar-refractivity contribution in [3.63, 3.8) is 0 Å². The van der Waals surface area contributed by atoms with Gasteiger partial charge >= 0.3 is 5.97 Å². The zero-order chi connectivity index (χ0) is 15.4. The monoisotopic (exact) mass is 361 g/mol. The van der Waals surface area contributed by atoms with Crippen LogP contribution in [-0.4, -0.2) is 38.0 Å². The molecule has 1 atom stereocenters. The molecule has 1 aromatic carbocycles. The van der Waals surface area contributed by atoms with Crippen LogP contribution in [0.2, 0.25) is 0 Å². The number of rotatable bonds is 1. The summed E-state index contributed by atoms with van der Waals surface area (Å²) in [4.78, 5) is 30.2. The van der Waals surface area contributed by atoms with Crippen molar-refractivity contribution in [2.45, 2.75) is 18.9 Å². The van der Waals surface area contributed by atoms with E-state index in [1.807, 2.05) is 18.2 Å². The SMILES string of the molecule is O=C(O)c1ncn2c1[C@@H]1CCCN1C(=O)c1c(Br)cccc1-2. The highest BCUT2D eigenvalue weighted by Crippen LogP contribution is 2.41. The van der Waals surface area contributed by atoms with Crippen molar-refractivity contribution in [2.24, 2.45) is 0 Å². The molecule has 4 rings (SSSR count). The lowest BCUT2D eigenvalue weighted by atomic mass is 10.1. The third-order valence-corrected chi connectivity index (χ3v) is 4.96. The summed E-state index contributed by atoms with van der Waals surface area (Å²) < 4.78 is 2.45. The maximum Gasteiger partial charge on any atom is 0.356 e. The van der Waals surface area contributed by atoms with Gasteiger partial charge in [0.15, 0.2) is 5.69 Å². The van der Waals surface area contributed by atoms with Crippen LogP contribution >= 0.6 is 15.9 Å². The zero-order valence-corrected chi connectivity index (χ0v) is 13.1.